The highest BCUT2D eigenvalue weighted by atomic mass is 35.5. The van der Waals surface area contributed by atoms with Crippen molar-refractivity contribution in [3.8, 4) is 5.75 Å². The van der Waals surface area contributed by atoms with E-state index in [1.54, 1.807) is 31.4 Å². The van der Waals surface area contributed by atoms with Gasteiger partial charge in [0.25, 0.3) is 0 Å². The molecular weight excluding hydrogens is 276 g/mol. The molecule has 0 heterocycles. The summed E-state index contributed by atoms with van der Waals surface area (Å²) < 4.78 is 5.28. The first kappa shape index (κ1) is 14.2. The van der Waals surface area contributed by atoms with Gasteiger partial charge >= 0.3 is 0 Å². The number of nitrogens with two attached hydrogens (primary N) is 1. The van der Waals surface area contributed by atoms with Crippen LogP contribution in [0.1, 0.15) is 15.9 Å². The van der Waals surface area contributed by atoms with E-state index in [0.717, 1.165) is 17.0 Å². The summed E-state index contributed by atoms with van der Waals surface area (Å²) in [5.74, 6) is 0.264. The minimum Gasteiger partial charge on any atom is -0.496 e. The maximum atomic E-state index is 11.1. The Morgan fingerprint density at radius 2 is 2.05 bits per heavy atom. The highest BCUT2D eigenvalue weighted by Crippen LogP contribution is 2.27. The number of hydrogen-bond donors (Lipinski definition) is 2. The monoisotopic (exact) mass is 290 g/mol. The quantitative estimate of drug-likeness (QED) is 0.889. The normalized spacial score (nSPS) is 10.1. The van der Waals surface area contributed by atoms with Crippen LogP contribution in [-0.4, -0.2) is 13.0 Å². The number of hydrogen-bond acceptors (Lipinski definition) is 3. The maximum Gasteiger partial charge on any atom is 0.248 e. The molecule has 0 fully saturated rings. The van der Waals surface area contributed by atoms with Crippen LogP contribution >= 0.6 is 11.6 Å². The van der Waals surface area contributed by atoms with Gasteiger partial charge in [0.1, 0.15) is 5.75 Å². The summed E-state index contributed by atoms with van der Waals surface area (Å²) in [6, 6.07) is 12.5. The predicted octanol–water partition coefficient (Wildman–Crippen LogP) is 3.06. The largest absolute Gasteiger partial charge is 0.496 e. The third-order valence-electron chi connectivity index (χ3n) is 2.91. The predicted molar refractivity (Wildman–Crippen MR) is 80.3 cm³/mol. The average molecular weight is 291 g/mol. The molecule has 2 rings (SSSR count). The van der Waals surface area contributed by atoms with Gasteiger partial charge in [0.15, 0.2) is 0 Å². The van der Waals surface area contributed by atoms with E-state index in [4.69, 9.17) is 22.1 Å². The minimum atomic E-state index is -0.455. The number of primary amides is 1. The van der Waals surface area contributed by atoms with Crippen LogP contribution in [0.5, 0.6) is 5.75 Å². The first-order valence-corrected chi connectivity index (χ1v) is 6.44. The van der Waals surface area contributed by atoms with Crippen molar-refractivity contribution in [3.63, 3.8) is 0 Å². The first-order valence-electron chi connectivity index (χ1n) is 6.07. The lowest BCUT2D eigenvalue weighted by Crippen LogP contribution is -2.11. The lowest BCUT2D eigenvalue weighted by atomic mass is 10.1. The fraction of sp³-hybridized carbons (Fsp3) is 0.133. The molecule has 104 valence electrons. The van der Waals surface area contributed by atoms with Crippen LogP contribution in [0.15, 0.2) is 42.5 Å². The number of rotatable bonds is 5. The van der Waals surface area contributed by atoms with E-state index in [-0.39, 0.29) is 0 Å². The summed E-state index contributed by atoms with van der Waals surface area (Å²) in [5.41, 5.74) is 7.37. The molecule has 0 bridgehead atoms. The molecule has 3 N–H and O–H groups in total. The van der Waals surface area contributed by atoms with Crippen molar-refractivity contribution in [1.29, 1.82) is 0 Å². The number of carbonyl (C=O) groups is 1. The zero-order valence-electron chi connectivity index (χ0n) is 11.0. The summed E-state index contributed by atoms with van der Waals surface area (Å²) in [4.78, 5) is 11.1. The molecule has 2 aromatic carbocycles. The summed E-state index contributed by atoms with van der Waals surface area (Å²) in [6.07, 6.45) is 0. The molecule has 0 unspecified atom stereocenters. The summed E-state index contributed by atoms with van der Waals surface area (Å²) >= 11 is 6.16. The number of ether oxygens (including phenoxy) is 1. The Morgan fingerprint density at radius 3 is 2.75 bits per heavy atom. The molecule has 0 saturated carbocycles. The summed E-state index contributed by atoms with van der Waals surface area (Å²) in [6.45, 7) is 0.491. The Kier molecular flexibility index (Phi) is 4.48. The third-order valence-corrected chi connectivity index (χ3v) is 3.27. The molecule has 0 spiro atoms. The molecule has 0 aliphatic carbocycles. The van der Waals surface area contributed by atoms with Crippen molar-refractivity contribution in [1.82, 2.24) is 0 Å². The van der Waals surface area contributed by atoms with E-state index in [1.807, 2.05) is 18.2 Å². The molecule has 1 amide bonds. The smallest absolute Gasteiger partial charge is 0.248 e. The van der Waals surface area contributed by atoms with Crippen molar-refractivity contribution in [2.45, 2.75) is 6.54 Å². The number of methoxy groups -OCH3 is 1. The van der Waals surface area contributed by atoms with Crippen molar-refractivity contribution in [2.75, 3.05) is 12.4 Å². The van der Waals surface area contributed by atoms with Gasteiger partial charge in [0, 0.05) is 28.4 Å². The molecule has 0 aromatic heterocycles. The molecular formula is C15H15ClN2O2. The highest BCUT2D eigenvalue weighted by Gasteiger charge is 2.08. The van der Waals surface area contributed by atoms with Crippen LogP contribution in [0.2, 0.25) is 5.02 Å². The van der Waals surface area contributed by atoms with Crippen LogP contribution in [0.4, 0.5) is 5.69 Å². The number of anilines is 1. The minimum absolute atomic E-state index is 0.455. The van der Waals surface area contributed by atoms with Gasteiger partial charge in [-0.05, 0) is 30.3 Å². The Hall–Kier alpha value is -2.20. The lowest BCUT2D eigenvalue weighted by Gasteiger charge is -2.12. The molecule has 0 saturated heterocycles. The lowest BCUT2D eigenvalue weighted by molar-refractivity contribution is 0.100. The number of halogens is 1. The summed E-state index contributed by atoms with van der Waals surface area (Å²) in [7, 11) is 1.60. The van der Waals surface area contributed by atoms with Gasteiger partial charge < -0.3 is 15.8 Å². The molecule has 2 aromatic rings. The maximum absolute atomic E-state index is 11.1. The topological polar surface area (TPSA) is 64.3 Å². The molecule has 20 heavy (non-hydrogen) atoms. The Morgan fingerprint density at radius 1 is 1.30 bits per heavy atom. The van der Waals surface area contributed by atoms with E-state index in [9.17, 15) is 4.79 Å². The molecule has 0 aliphatic rings. The van der Waals surface area contributed by atoms with Crippen LogP contribution < -0.4 is 15.8 Å². The van der Waals surface area contributed by atoms with Crippen LogP contribution in [0, 0.1) is 0 Å². The zero-order valence-corrected chi connectivity index (χ0v) is 11.8. The van der Waals surface area contributed by atoms with E-state index in [1.165, 1.54) is 0 Å². The Labute approximate surface area is 122 Å². The van der Waals surface area contributed by atoms with Gasteiger partial charge in [-0.25, -0.2) is 0 Å². The van der Waals surface area contributed by atoms with Crippen molar-refractivity contribution in [2.24, 2.45) is 5.73 Å². The Bertz CT molecular complexity index is 629. The molecule has 0 radical (unpaired) electrons. The number of benzene rings is 2. The molecule has 0 atom stereocenters. The second-order valence-corrected chi connectivity index (χ2v) is 4.63. The van der Waals surface area contributed by atoms with Crippen molar-refractivity contribution >= 4 is 23.2 Å². The number of amides is 1. The average Bonchev–Trinajstić information content (AvgIpc) is 2.46. The molecule has 5 heteroatoms. The fourth-order valence-corrected chi connectivity index (χ4v) is 2.11. The zero-order chi connectivity index (χ0) is 14.5. The van der Waals surface area contributed by atoms with E-state index < -0.39 is 5.91 Å². The van der Waals surface area contributed by atoms with E-state index in [0.29, 0.717) is 17.1 Å². The standard InChI is InChI=1S/C15H15ClN2O2/c1-20-14-7-3-6-13(16)12(14)9-18-11-5-2-4-10(8-11)15(17)19/h2-8,18H,9H2,1H3,(H2,17,19). The number of carbonyl (C=O) groups excluding carboxylic acids is 1. The van der Waals surface area contributed by atoms with Gasteiger partial charge in [-0.2, -0.15) is 0 Å². The van der Waals surface area contributed by atoms with Crippen LogP contribution in [-0.2, 0) is 6.54 Å². The van der Waals surface area contributed by atoms with Gasteiger partial charge in [0.05, 0.1) is 7.11 Å². The van der Waals surface area contributed by atoms with Crippen molar-refractivity contribution in [3.05, 3.63) is 58.6 Å². The van der Waals surface area contributed by atoms with E-state index >= 15 is 0 Å². The number of nitrogens with one attached hydrogen (secondary N) is 1. The van der Waals surface area contributed by atoms with Gasteiger partial charge in [0.2, 0.25) is 5.91 Å². The first-order chi connectivity index (χ1) is 9.61. The second-order valence-electron chi connectivity index (χ2n) is 4.22. The SMILES string of the molecule is COc1cccc(Cl)c1CNc1cccc(C(N)=O)c1. The van der Waals surface area contributed by atoms with E-state index in [2.05, 4.69) is 5.32 Å². The Balaban J connectivity index is 2.17. The van der Waals surface area contributed by atoms with Crippen LogP contribution in [0.3, 0.4) is 0 Å². The third kappa shape index (κ3) is 3.22. The fourth-order valence-electron chi connectivity index (χ4n) is 1.87. The second kappa shape index (κ2) is 6.30. The van der Waals surface area contributed by atoms with Gasteiger partial charge in [-0.3, -0.25) is 4.79 Å². The molecule has 4 nitrogen and oxygen atoms in total. The van der Waals surface area contributed by atoms with Gasteiger partial charge in [-0.15, -0.1) is 0 Å². The molecule has 0 aliphatic heterocycles. The van der Waals surface area contributed by atoms with Crippen LogP contribution in [0.25, 0.3) is 0 Å². The van der Waals surface area contributed by atoms with Gasteiger partial charge in [-0.1, -0.05) is 23.7 Å². The van der Waals surface area contributed by atoms with Crippen molar-refractivity contribution < 1.29 is 9.53 Å². The summed E-state index contributed by atoms with van der Waals surface area (Å²) in [5, 5.41) is 3.83. The highest BCUT2D eigenvalue weighted by molar-refractivity contribution is 6.31.